The van der Waals surface area contributed by atoms with Crippen LogP contribution in [-0.2, 0) is 0 Å². The molecular formula is C16H16F2N2OS. The van der Waals surface area contributed by atoms with Gasteiger partial charge < -0.3 is 15.4 Å². The highest BCUT2D eigenvalue weighted by Crippen LogP contribution is 2.14. The maximum Gasteiger partial charge on any atom is 0.171 e. The Labute approximate surface area is 133 Å². The summed E-state index contributed by atoms with van der Waals surface area (Å²) < 4.78 is 31.9. The van der Waals surface area contributed by atoms with E-state index in [-0.39, 0.29) is 16.8 Å². The van der Waals surface area contributed by atoms with Crippen molar-refractivity contribution < 1.29 is 13.5 Å². The first-order valence-electron chi connectivity index (χ1n) is 6.75. The van der Waals surface area contributed by atoms with E-state index in [0.717, 1.165) is 17.9 Å². The molecule has 0 bridgehead atoms. The van der Waals surface area contributed by atoms with Crippen LogP contribution in [-0.4, -0.2) is 17.8 Å². The van der Waals surface area contributed by atoms with Crippen LogP contribution in [0, 0.1) is 11.6 Å². The summed E-state index contributed by atoms with van der Waals surface area (Å²) >= 11 is 5.10. The molecule has 0 amide bonds. The Morgan fingerprint density at radius 3 is 2.59 bits per heavy atom. The van der Waals surface area contributed by atoms with Crippen LogP contribution in [0.2, 0.25) is 0 Å². The van der Waals surface area contributed by atoms with Gasteiger partial charge in [0, 0.05) is 6.07 Å². The summed E-state index contributed by atoms with van der Waals surface area (Å²) in [5.74, 6) is -0.566. The first kappa shape index (κ1) is 16.2. The lowest BCUT2D eigenvalue weighted by Crippen LogP contribution is -2.39. The second kappa shape index (κ2) is 7.70. The lowest BCUT2D eigenvalue weighted by Gasteiger charge is -2.18. The van der Waals surface area contributed by atoms with Crippen molar-refractivity contribution in [1.29, 1.82) is 0 Å². The summed E-state index contributed by atoms with van der Waals surface area (Å²) in [5.41, 5.74) is 0.120. The highest BCUT2D eigenvalue weighted by molar-refractivity contribution is 7.80. The Balaban J connectivity index is 1.81. The lowest BCUT2D eigenvalue weighted by atomic mass is 10.3. The van der Waals surface area contributed by atoms with Gasteiger partial charge in [-0.1, -0.05) is 18.2 Å². The SMILES string of the molecule is CC(COc1ccccc1)NC(=S)Nc1ccc(F)cc1F. The second-order valence-corrected chi connectivity index (χ2v) is 5.16. The number of hydrogen-bond donors (Lipinski definition) is 2. The van der Waals surface area contributed by atoms with Gasteiger partial charge >= 0.3 is 0 Å². The molecule has 0 saturated carbocycles. The summed E-state index contributed by atoms with van der Waals surface area (Å²) in [6.45, 7) is 2.29. The predicted octanol–water partition coefficient (Wildman–Crippen LogP) is 3.72. The number of benzene rings is 2. The van der Waals surface area contributed by atoms with Crippen molar-refractivity contribution in [2.45, 2.75) is 13.0 Å². The molecule has 0 heterocycles. The van der Waals surface area contributed by atoms with Crippen LogP contribution < -0.4 is 15.4 Å². The highest BCUT2D eigenvalue weighted by atomic mass is 32.1. The van der Waals surface area contributed by atoms with Crippen molar-refractivity contribution in [2.75, 3.05) is 11.9 Å². The molecule has 116 valence electrons. The van der Waals surface area contributed by atoms with E-state index in [1.165, 1.54) is 6.07 Å². The van der Waals surface area contributed by atoms with Crippen LogP contribution in [0.15, 0.2) is 48.5 Å². The monoisotopic (exact) mass is 322 g/mol. The Morgan fingerprint density at radius 1 is 1.18 bits per heavy atom. The maximum atomic E-state index is 13.5. The maximum absolute atomic E-state index is 13.5. The first-order chi connectivity index (χ1) is 10.5. The molecular weight excluding hydrogens is 306 g/mol. The van der Waals surface area contributed by atoms with Crippen LogP contribution in [0.4, 0.5) is 14.5 Å². The Kier molecular flexibility index (Phi) is 5.66. The molecule has 1 unspecified atom stereocenters. The topological polar surface area (TPSA) is 33.3 Å². The number of hydrogen-bond acceptors (Lipinski definition) is 2. The molecule has 3 nitrogen and oxygen atoms in total. The zero-order chi connectivity index (χ0) is 15.9. The van der Waals surface area contributed by atoms with Crippen molar-refractivity contribution in [3.8, 4) is 5.75 Å². The largest absolute Gasteiger partial charge is 0.491 e. The van der Waals surface area contributed by atoms with Gasteiger partial charge in [-0.15, -0.1) is 0 Å². The minimum atomic E-state index is -0.697. The minimum absolute atomic E-state index is 0.0799. The summed E-state index contributed by atoms with van der Waals surface area (Å²) in [4.78, 5) is 0. The fraction of sp³-hybridized carbons (Fsp3) is 0.188. The van der Waals surface area contributed by atoms with Gasteiger partial charge in [-0.05, 0) is 43.4 Å². The van der Waals surface area contributed by atoms with Crippen molar-refractivity contribution in [2.24, 2.45) is 0 Å². The molecule has 0 aliphatic carbocycles. The molecule has 0 spiro atoms. The fourth-order valence-electron chi connectivity index (χ4n) is 1.75. The average molecular weight is 322 g/mol. The van der Waals surface area contributed by atoms with Gasteiger partial charge in [0.05, 0.1) is 11.7 Å². The van der Waals surface area contributed by atoms with Crippen molar-refractivity contribution in [3.63, 3.8) is 0 Å². The lowest BCUT2D eigenvalue weighted by molar-refractivity contribution is 0.287. The average Bonchev–Trinajstić information content (AvgIpc) is 2.49. The second-order valence-electron chi connectivity index (χ2n) is 4.75. The zero-order valence-electron chi connectivity index (χ0n) is 12.0. The number of halogens is 2. The van der Waals surface area contributed by atoms with Crippen LogP contribution in [0.5, 0.6) is 5.75 Å². The van der Waals surface area contributed by atoms with Crippen LogP contribution >= 0.6 is 12.2 Å². The molecule has 22 heavy (non-hydrogen) atoms. The molecule has 2 aromatic rings. The van der Waals surface area contributed by atoms with Gasteiger partial charge in [-0.3, -0.25) is 0 Å². The van der Waals surface area contributed by atoms with Crippen LogP contribution in [0.1, 0.15) is 6.92 Å². The highest BCUT2D eigenvalue weighted by Gasteiger charge is 2.08. The normalized spacial score (nSPS) is 11.6. The number of thiocarbonyl (C=S) groups is 1. The third-order valence-corrected chi connectivity index (χ3v) is 3.02. The predicted molar refractivity (Wildman–Crippen MR) is 87.1 cm³/mol. The molecule has 2 aromatic carbocycles. The van der Waals surface area contributed by atoms with Crippen molar-refractivity contribution >= 4 is 23.0 Å². The third kappa shape index (κ3) is 4.96. The number of nitrogens with one attached hydrogen (secondary N) is 2. The van der Waals surface area contributed by atoms with Crippen LogP contribution in [0.25, 0.3) is 0 Å². The van der Waals surface area contributed by atoms with E-state index >= 15 is 0 Å². The quantitative estimate of drug-likeness (QED) is 0.822. The summed E-state index contributed by atoms with van der Waals surface area (Å²) in [6.07, 6.45) is 0. The molecule has 2 N–H and O–H groups in total. The summed E-state index contributed by atoms with van der Waals surface area (Å²) in [6, 6.07) is 12.6. The minimum Gasteiger partial charge on any atom is -0.491 e. The Morgan fingerprint density at radius 2 is 1.91 bits per heavy atom. The zero-order valence-corrected chi connectivity index (χ0v) is 12.8. The van der Waals surface area contributed by atoms with Crippen molar-refractivity contribution in [3.05, 3.63) is 60.2 Å². The van der Waals surface area contributed by atoms with Gasteiger partial charge in [0.15, 0.2) is 5.11 Å². The smallest absolute Gasteiger partial charge is 0.171 e. The van der Waals surface area contributed by atoms with E-state index in [2.05, 4.69) is 10.6 Å². The molecule has 0 saturated heterocycles. The molecule has 1 atom stereocenters. The molecule has 2 rings (SSSR count). The van der Waals surface area contributed by atoms with E-state index in [1.807, 2.05) is 37.3 Å². The molecule has 6 heteroatoms. The standard InChI is InChI=1S/C16H16F2N2OS/c1-11(10-21-13-5-3-2-4-6-13)19-16(22)20-15-8-7-12(17)9-14(15)18/h2-9,11H,10H2,1H3,(H2,19,20,22). The van der Waals surface area contributed by atoms with E-state index in [1.54, 1.807) is 0 Å². The van der Waals surface area contributed by atoms with E-state index in [4.69, 9.17) is 17.0 Å². The molecule has 0 aliphatic rings. The first-order valence-corrected chi connectivity index (χ1v) is 7.16. The van der Waals surface area contributed by atoms with E-state index in [0.29, 0.717) is 6.61 Å². The third-order valence-electron chi connectivity index (χ3n) is 2.80. The summed E-state index contributed by atoms with van der Waals surface area (Å²) in [7, 11) is 0. The number of rotatable bonds is 5. The van der Waals surface area contributed by atoms with E-state index < -0.39 is 11.6 Å². The molecule has 0 aliphatic heterocycles. The Hall–Kier alpha value is -2.21. The fourth-order valence-corrected chi connectivity index (χ4v) is 2.06. The van der Waals surface area contributed by atoms with Gasteiger partial charge in [0.25, 0.3) is 0 Å². The van der Waals surface area contributed by atoms with Gasteiger partial charge in [-0.25, -0.2) is 8.78 Å². The van der Waals surface area contributed by atoms with Crippen LogP contribution in [0.3, 0.4) is 0 Å². The number of para-hydroxylation sites is 1. The summed E-state index contributed by atoms with van der Waals surface area (Å²) in [5, 5.41) is 5.91. The van der Waals surface area contributed by atoms with Gasteiger partial charge in [0.1, 0.15) is 24.0 Å². The van der Waals surface area contributed by atoms with Gasteiger partial charge in [-0.2, -0.15) is 0 Å². The van der Waals surface area contributed by atoms with Crippen molar-refractivity contribution in [1.82, 2.24) is 5.32 Å². The van der Waals surface area contributed by atoms with E-state index in [9.17, 15) is 8.78 Å². The molecule has 0 aromatic heterocycles. The van der Waals surface area contributed by atoms with Gasteiger partial charge in [0.2, 0.25) is 0 Å². The molecule has 0 fully saturated rings. The number of anilines is 1. The number of ether oxygens (including phenoxy) is 1. The molecule has 0 radical (unpaired) electrons. The Bertz CT molecular complexity index is 637.